The number of hydrogen-bond donors (Lipinski definition) is 0. The first-order valence-corrected chi connectivity index (χ1v) is 5.31. The Bertz CT molecular complexity index is 201. The summed E-state index contributed by atoms with van der Waals surface area (Å²) in [5.41, 5.74) is 0.384. The zero-order valence-corrected chi connectivity index (χ0v) is 8.68. The van der Waals surface area contributed by atoms with Crippen molar-refractivity contribution in [2.75, 3.05) is 0 Å². The van der Waals surface area contributed by atoms with Gasteiger partial charge in [0.1, 0.15) is 0 Å². The average Bonchev–Trinajstić information content (AvgIpc) is 2.18. The van der Waals surface area contributed by atoms with Crippen LogP contribution in [0.25, 0.3) is 0 Å². The standard InChI is InChI=1S/C13H20/c1-4-9-13(12(3)5-2)10-7-6-8-11-13/h1,5,12H,2,6-11H2,3H3. The lowest BCUT2D eigenvalue weighted by molar-refractivity contribution is 0.141. The van der Waals surface area contributed by atoms with Crippen molar-refractivity contribution < 1.29 is 0 Å². The molecule has 0 amide bonds. The highest BCUT2D eigenvalue weighted by atomic mass is 14.4. The maximum Gasteiger partial charge on any atom is 0.0148 e. The van der Waals surface area contributed by atoms with Crippen molar-refractivity contribution in [2.45, 2.75) is 45.4 Å². The summed E-state index contributed by atoms with van der Waals surface area (Å²) in [5, 5.41) is 0. The molecule has 1 unspecified atom stereocenters. The highest BCUT2D eigenvalue weighted by Crippen LogP contribution is 2.45. The average molecular weight is 176 g/mol. The molecule has 0 aromatic rings. The van der Waals surface area contributed by atoms with E-state index in [4.69, 9.17) is 6.42 Å². The fraction of sp³-hybridized carbons (Fsp3) is 0.692. The van der Waals surface area contributed by atoms with Crippen LogP contribution in [0.3, 0.4) is 0 Å². The molecule has 1 aliphatic rings. The molecule has 1 saturated carbocycles. The Morgan fingerprint density at radius 1 is 1.46 bits per heavy atom. The van der Waals surface area contributed by atoms with Crippen LogP contribution < -0.4 is 0 Å². The van der Waals surface area contributed by atoms with Crippen LogP contribution in [0.4, 0.5) is 0 Å². The molecule has 1 aliphatic carbocycles. The van der Waals surface area contributed by atoms with Gasteiger partial charge < -0.3 is 0 Å². The fourth-order valence-corrected chi connectivity index (χ4v) is 2.50. The molecule has 0 aliphatic heterocycles. The summed E-state index contributed by atoms with van der Waals surface area (Å²) in [5.74, 6) is 3.42. The Morgan fingerprint density at radius 3 is 2.54 bits per heavy atom. The highest BCUT2D eigenvalue weighted by molar-refractivity contribution is 5.02. The summed E-state index contributed by atoms with van der Waals surface area (Å²) in [7, 11) is 0. The van der Waals surface area contributed by atoms with Crippen LogP contribution >= 0.6 is 0 Å². The van der Waals surface area contributed by atoms with E-state index in [9.17, 15) is 0 Å². The van der Waals surface area contributed by atoms with Crippen molar-refractivity contribution in [3.05, 3.63) is 12.7 Å². The molecule has 0 saturated heterocycles. The van der Waals surface area contributed by atoms with Gasteiger partial charge in [0.25, 0.3) is 0 Å². The van der Waals surface area contributed by atoms with E-state index < -0.39 is 0 Å². The van der Waals surface area contributed by atoms with Crippen LogP contribution in [0, 0.1) is 23.7 Å². The Morgan fingerprint density at radius 2 is 2.08 bits per heavy atom. The lowest BCUT2D eigenvalue weighted by atomic mass is 9.65. The molecule has 13 heavy (non-hydrogen) atoms. The maximum absolute atomic E-state index is 5.45. The van der Waals surface area contributed by atoms with Gasteiger partial charge in [-0.3, -0.25) is 0 Å². The zero-order valence-electron chi connectivity index (χ0n) is 8.68. The lowest BCUT2D eigenvalue weighted by Crippen LogP contribution is -2.30. The summed E-state index contributed by atoms with van der Waals surface area (Å²) >= 11 is 0. The van der Waals surface area contributed by atoms with Gasteiger partial charge in [-0.2, -0.15) is 0 Å². The molecule has 1 rings (SSSR count). The van der Waals surface area contributed by atoms with Crippen LogP contribution in [-0.4, -0.2) is 0 Å². The minimum atomic E-state index is 0.384. The van der Waals surface area contributed by atoms with Gasteiger partial charge >= 0.3 is 0 Å². The Labute approximate surface area is 82.4 Å². The van der Waals surface area contributed by atoms with E-state index >= 15 is 0 Å². The SMILES string of the molecule is C#CCC1(C(C)C=C)CCCCC1. The van der Waals surface area contributed by atoms with E-state index in [1.807, 2.05) is 0 Å². The molecule has 1 fully saturated rings. The summed E-state index contributed by atoms with van der Waals surface area (Å²) in [6, 6.07) is 0. The smallest absolute Gasteiger partial charge is 0.0148 e. The molecule has 0 bridgehead atoms. The molecule has 72 valence electrons. The van der Waals surface area contributed by atoms with E-state index in [0.29, 0.717) is 11.3 Å². The molecular weight excluding hydrogens is 156 g/mol. The quantitative estimate of drug-likeness (QED) is 0.453. The second-order valence-electron chi connectivity index (χ2n) is 4.33. The van der Waals surface area contributed by atoms with Crippen LogP contribution in [0.15, 0.2) is 12.7 Å². The van der Waals surface area contributed by atoms with Gasteiger partial charge in [-0.15, -0.1) is 18.9 Å². The largest absolute Gasteiger partial charge is 0.120 e. The molecule has 0 heterocycles. The van der Waals surface area contributed by atoms with Crippen LogP contribution in [-0.2, 0) is 0 Å². The van der Waals surface area contributed by atoms with Gasteiger partial charge in [-0.05, 0) is 24.2 Å². The third kappa shape index (κ3) is 2.15. The molecule has 0 spiro atoms. The minimum Gasteiger partial charge on any atom is -0.120 e. The predicted molar refractivity (Wildman–Crippen MR) is 58.3 cm³/mol. The number of hydrogen-bond acceptors (Lipinski definition) is 0. The van der Waals surface area contributed by atoms with E-state index in [-0.39, 0.29) is 0 Å². The third-order valence-corrected chi connectivity index (χ3v) is 3.62. The number of allylic oxidation sites excluding steroid dienone is 1. The molecular formula is C13H20. The van der Waals surface area contributed by atoms with Crippen LogP contribution in [0.5, 0.6) is 0 Å². The Kier molecular flexibility index (Phi) is 3.60. The van der Waals surface area contributed by atoms with Crippen LogP contribution in [0.2, 0.25) is 0 Å². The maximum atomic E-state index is 5.45. The predicted octanol–water partition coefficient (Wildman–Crippen LogP) is 3.78. The first-order valence-electron chi connectivity index (χ1n) is 5.31. The molecule has 0 N–H and O–H groups in total. The summed E-state index contributed by atoms with van der Waals surface area (Å²) in [4.78, 5) is 0. The van der Waals surface area contributed by atoms with Crippen molar-refractivity contribution in [2.24, 2.45) is 11.3 Å². The third-order valence-electron chi connectivity index (χ3n) is 3.62. The lowest BCUT2D eigenvalue weighted by Gasteiger charge is -2.40. The van der Waals surface area contributed by atoms with Gasteiger partial charge in [0.2, 0.25) is 0 Å². The summed E-state index contributed by atoms with van der Waals surface area (Å²) in [6.45, 7) is 6.15. The number of rotatable bonds is 3. The first kappa shape index (κ1) is 10.4. The monoisotopic (exact) mass is 176 g/mol. The van der Waals surface area contributed by atoms with Crippen LogP contribution in [0.1, 0.15) is 45.4 Å². The fourth-order valence-electron chi connectivity index (χ4n) is 2.50. The van der Waals surface area contributed by atoms with Gasteiger partial charge in [-0.1, -0.05) is 32.3 Å². The van der Waals surface area contributed by atoms with E-state index in [0.717, 1.165) is 6.42 Å². The van der Waals surface area contributed by atoms with Gasteiger partial charge in [0.15, 0.2) is 0 Å². The van der Waals surface area contributed by atoms with Gasteiger partial charge in [0, 0.05) is 6.42 Å². The molecule has 0 heteroatoms. The van der Waals surface area contributed by atoms with Gasteiger partial charge in [0.05, 0.1) is 0 Å². The zero-order chi connectivity index (χ0) is 9.73. The summed E-state index contributed by atoms with van der Waals surface area (Å²) < 4.78 is 0. The normalized spacial score (nSPS) is 23.1. The van der Waals surface area contributed by atoms with Crippen molar-refractivity contribution in [1.82, 2.24) is 0 Å². The Hall–Kier alpha value is -0.700. The van der Waals surface area contributed by atoms with Crippen molar-refractivity contribution in [3.8, 4) is 12.3 Å². The molecule has 0 radical (unpaired) electrons. The van der Waals surface area contributed by atoms with E-state index in [1.54, 1.807) is 0 Å². The highest BCUT2D eigenvalue weighted by Gasteiger charge is 2.34. The summed E-state index contributed by atoms with van der Waals surface area (Å²) in [6.07, 6.45) is 15.1. The van der Waals surface area contributed by atoms with Crippen molar-refractivity contribution in [3.63, 3.8) is 0 Å². The van der Waals surface area contributed by atoms with Gasteiger partial charge in [-0.25, -0.2) is 0 Å². The minimum absolute atomic E-state index is 0.384. The molecule has 0 aromatic carbocycles. The first-order chi connectivity index (χ1) is 6.25. The van der Waals surface area contributed by atoms with Crippen molar-refractivity contribution >= 4 is 0 Å². The van der Waals surface area contributed by atoms with Crippen molar-refractivity contribution in [1.29, 1.82) is 0 Å². The molecule has 0 aromatic heterocycles. The number of terminal acetylenes is 1. The molecule has 1 atom stereocenters. The van der Waals surface area contributed by atoms with E-state index in [1.165, 1.54) is 32.1 Å². The second-order valence-corrected chi connectivity index (χ2v) is 4.33. The molecule has 0 nitrogen and oxygen atoms in total. The Balaban J connectivity index is 2.73. The topological polar surface area (TPSA) is 0 Å². The second kappa shape index (κ2) is 4.51. The van der Waals surface area contributed by atoms with E-state index in [2.05, 4.69) is 25.5 Å².